The average Bonchev–Trinajstić information content (AvgIpc) is 3.64. The predicted molar refractivity (Wildman–Crippen MR) is 182 cm³/mol. The number of rotatable bonds is 16. The Hall–Kier alpha value is -3.62. The molecule has 0 N–H and O–H groups in total. The lowest BCUT2D eigenvalue weighted by Crippen LogP contribution is -2.61. The van der Waals surface area contributed by atoms with E-state index in [9.17, 15) is 0 Å². The van der Waals surface area contributed by atoms with Crippen molar-refractivity contribution in [3.63, 3.8) is 0 Å². The number of hydrogen-bond acceptors (Lipinski definition) is 6. The van der Waals surface area contributed by atoms with Crippen molar-refractivity contribution >= 4 is 11.3 Å². The van der Waals surface area contributed by atoms with Crippen LogP contribution in [0, 0.1) is 0 Å². The molecule has 0 bridgehead atoms. The van der Waals surface area contributed by atoms with Crippen LogP contribution in [0.4, 0.5) is 0 Å². The van der Waals surface area contributed by atoms with Gasteiger partial charge in [0.25, 0.3) is 0 Å². The Morgan fingerprint density at radius 1 is 0.478 bits per heavy atom. The second kappa shape index (κ2) is 17.3. The van der Waals surface area contributed by atoms with E-state index in [1.54, 1.807) is 11.3 Å². The lowest BCUT2D eigenvalue weighted by molar-refractivity contribution is -0.273. The van der Waals surface area contributed by atoms with E-state index in [0.29, 0.717) is 33.0 Å². The molecule has 0 saturated carbocycles. The molecule has 1 saturated heterocycles. The summed E-state index contributed by atoms with van der Waals surface area (Å²) < 4.78 is 33.7. The molecular weight excluding hydrogens is 593 g/mol. The minimum atomic E-state index is -0.418. The number of ether oxygens (including phenoxy) is 5. The fraction of sp³-hybridized carbons (Fsp3) is 0.300. The van der Waals surface area contributed by atoms with Gasteiger partial charge < -0.3 is 23.7 Å². The Labute approximate surface area is 276 Å². The largest absolute Gasteiger partial charge is 0.374 e. The third-order valence-electron chi connectivity index (χ3n) is 8.23. The summed E-state index contributed by atoms with van der Waals surface area (Å²) in [6.45, 7) is 2.20. The first kappa shape index (κ1) is 32.3. The summed E-state index contributed by atoms with van der Waals surface area (Å²) in [7, 11) is 0. The van der Waals surface area contributed by atoms with Crippen LogP contribution in [-0.2, 0) is 56.5 Å². The SMILES string of the molecule is c1ccc(COC[C@H]2O[C@H](CCc3cccs3)[C@@H](OCc3ccccc3)[C@@H](OCc3ccccc3)[C@@H]2OCc2ccccc2)cc1. The first-order valence-corrected chi connectivity index (χ1v) is 17.0. The van der Waals surface area contributed by atoms with Crippen molar-refractivity contribution in [3.05, 3.63) is 166 Å². The maximum atomic E-state index is 6.96. The number of aryl methyl sites for hydroxylation is 1. The second-order valence-corrected chi connectivity index (χ2v) is 12.6. The van der Waals surface area contributed by atoms with Crippen LogP contribution in [0.2, 0.25) is 0 Å². The summed E-state index contributed by atoms with van der Waals surface area (Å²) >= 11 is 1.77. The standard InChI is InChI=1S/C40H42O5S/c1-5-14-31(15-6-1)26-41-30-37-39(43-28-33-18-9-3-10-19-33)40(44-29-34-20-11-4-12-21-34)38(42-27-32-16-7-2-8-17-32)36(45-37)24-23-35-22-13-25-46-35/h1-22,25,36-40H,23-24,26-30H2/t36-,37-,38-,39-,40-/m1/s1. The van der Waals surface area contributed by atoms with Crippen LogP contribution in [0.5, 0.6) is 0 Å². The van der Waals surface area contributed by atoms with E-state index in [4.69, 9.17) is 23.7 Å². The van der Waals surface area contributed by atoms with Gasteiger partial charge in [0.2, 0.25) is 0 Å². The van der Waals surface area contributed by atoms with Gasteiger partial charge in [-0.1, -0.05) is 127 Å². The summed E-state index contributed by atoms with van der Waals surface area (Å²) in [4.78, 5) is 1.33. The zero-order valence-electron chi connectivity index (χ0n) is 26.1. The van der Waals surface area contributed by atoms with Crippen molar-refractivity contribution in [2.75, 3.05) is 6.61 Å². The molecule has 5 atom stereocenters. The predicted octanol–water partition coefficient (Wildman–Crippen LogP) is 8.42. The van der Waals surface area contributed by atoms with Crippen LogP contribution in [0.15, 0.2) is 139 Å². The highest BCUT2D eigenvalue weighted by molar-refractivity contribution is 7.09. The molecule has 4 aromatic carbocycles. The summed E-state index contributed by atoms with van der Waals surface area (Å²) in [5.41, 5.74) is 4.42. The minimum Gasteiger partial charge on any atom is -0.374 e. The van der Waals surface area contributed by atoms with E-state index in [-0.39, 0.29) is 24.4 Å². The summed E-state index contributed by atoms with van der Waals surface area (Å²) in [6, 6.07) is 45.3. The smallest absolute Gasteiger partial charge is 0.115 e. The molecule has 1 aliphatic heterocycles. The van der Waals surface area contributed by atoms with E-state index in [1.807, 2.05) is 72.8 Å². The van der Waals surface area contributed by atoms with E-state index in [0.717, 1.165) is 35.1 Å². The topological polar surface area (TPSA) is 46.2 Å². The van der Waals surface area contributed by atoms with Crippen molar-refractivity contribution in [1.29, 1.82) is 0 Å². The van der Waals surface area contributed by atoms with Gasteiger partial charge in [0, 0.05) is 4.88 Å². The molecule has 6 rings (SSSR count). The quantitative estimate of drug-likeness (QED) is 0.109. The van der Waals surface area contributed by atoms with Gasteiger partial charge in [-0.2, -0.15) is 0 Å². The van der Waals surface area contributed by atoms with Gasteiger partial charge >= 0.3 is 0 Å². The third-order valence-corrected chi connectivity index (χ3v) is 9.17. The van der Waals surface area contributed by atoms with Crippen LogP contribution >= 0.6 is 11.3 Å². The van der Waals surface area contributed by atoms with Crippen molar-refractivity contribution in [2.45, 2.75) is 69.8 Å². The fourth-order valence-electron chi connectivity index (χ4n) is 5.86. The van der Waals surface area contributed by atoms with Crippen molar-refractivity contribution in [3.8, 4) is 0 Å². The highest BCUT2D eigenvalue weighted by atomic mass is 32.1. The van der Waals surface area contributed by atoms with Gasteiger partial charge in [0.1, 0.15) is 24.4 Å². The molecule has 0 spiro atoms. The maximum absolute atomic E-state index is 6.96. The Balaban J connectivity index is 1.29. The molecule has 5 aromatic rings. The second-order valence-electron chi connectivity index (χ2n) is 11.6. The highest BCUT2D eigenvalue weighted by Crippen LogP contribution is 2.33. The fourth-order valence-corrected chi connectivity index (χ4v) is 6.58. The van der Waals surface area contributed by atoms with E-state index < -0.39 is 6.10 Å². The van der Waals surface area contributed by atoms with Crippen LogP contribution in [0.3, 0.4) is 0 Å². The van der Waals surface area contributed by atoms with Crippen LogP contribution in [0.1, 0.15) is 33.6 Å². The highest BCUT2D eigenvalue weighted by Gasteiger charge is 2.48. The lowest BCUT2D eigenvalue weighted by Gasteiger charge is -2.46. The van der Waals surface area contributed by atoms with Crippen molar-refractivity contribution in [2.24, 2.45) is 0 Å². The van der Waals surface area contributed by atoms with E-state index in [1.165, 1.54) is 4.88 Å². The molecule has 46 heavy (non-hydrogen) atoms. The first-order chi connectivity index (χ1) is 22.8. The molecule has 2 heterocycles. The monoisotopic (exact) mass is 634 g/mol. The van der Waals surface area contributed by atoms with Crippen LogP contribution in [-0.4, -0.2) is 37.1 Å². The zero-order chi connectivity index (χ0) is 31.2. The van der Waals surface area contributed by atoms with Gasteiger partial charge in [-0.3, -0.25) is 0 Å². The van der Waals surface area contributed by atoms with Crippen molar-refractivity contribution < 1.29 is 23.7 Å². The molecule has 238 valence electrons. The number of thiophene rings is 1. The molecule has 1 aliphatic rings. The Morgan fingerprint density at radius 2 is 0.935 bits per heavy atom. The number of hydrogen-bond donors (Lipinski definition) is 0. The van der Waals surface area contributed by atoms with Gasteiger partial charge in [-0.15, -0.1) is 11.3 Å². The third kappa shape index (κ3) is 9.46. The molecule has 6 heteroatoms. The number of benzene rings is 4. The molecule has 5 nitrogen and oxygen atoms in total. The van der Waals surface area contributed by atoms with E-state index >= 15 is 0 Å². The normalized spacial score (nSPS) is 21.3. The van der Waals surface area contributed by atoms with E-state index in [2.05, 4.69) is 66.0 Å². The molecule has 0 unspecified atom stereocenters. The Bertz CT molecular complexity index is 1520. The van der Waals surface area contributed by atoms with Gasteiger partial charge in [-0.25, -0.2) is 0 Å². The Morgan fingerprint density at radius 3 is 1.41 bits per heavy atom. The molecule has 0 aliphatic carbocycles. The average molecular weight is 635 g/mol. The lowest BCUT2D eigenvalue weighted by atomic mass is 9.91. The first-order valence-electron chi connectivity index (χ1n) is 16.1. The summed E-state index contributed by atoms with van der Waals surface area (Å²) in [6.07, 6.45) is -0.0298. The molecule has 0 amide bonds. The van der Waals surface area contributed by atoms with Crippen molar-refractivity contribution in [1.82, 2.24) is 0 Å². The summed E-state index contributed by atoms with van der Waals surface area (Å²) in [5, 5.41) is 2.12. The molecule has 1 aromatic heterocycles. The van der Waals surface area contributed by atoms with Crippen LogP contribution < -0.4 is 0 Å². The van der Waals surface area contributed by atoms with Crippen LogP contribution in [0.25, 0.3) is 0 Å². The Kier molecular flexibility index (Phi) is 12.2. The molecule has 0 radical (unpaired) electrons. The minimum absolute atomic E-state index is 0.214. The molecular formula is C40H42O5S. The molecule has 1 fully saturated rings. The van der Waals surface area contributed by atoms with Gasteiger partial charge in [-0.05, 0) is 46.5 Å². The zero-order valence-corrected chi connectivity index (χ0v) is 26.9. The van der Waals surface area contributed by atoms with Gasteiger partial charge in [0.15, 0.2) is 0 Å². The summed E-state index contributed by atoms with van der Waals surface area (Å²) in [5.74, 6) is 0. The van der Waals surface area contributed by atoms with Gasteiger partial charge in [0.05, 0.1) is 39.1 Å². The maximum Gasteiger partial charge on any atom is 0.115 e.